The smallest absolute Gasteiger partial charge is 0.0832 e. The summed E-state index contributed by atoms with van der Waals surface area (Å²) < 4.78 is 2.12. The van der Waals surface area contributed by atoms with Crippen LogP contribution in [0.4, 0.5) is 0 Å². The first kappa shape index (κ1) is 28.2. The lowest BCUT2D eigenvalue weighted by molar-refractivity contribution is 0.226. The Hall–Kier alpha value is -0.860. The molecule has 2 atom stereocenters. The van der Waals surface area contributed by atoms with Crippen LogP contribution in [0.5, 0.6) is 0 Å². The van der Waals surface area contributed by atoms with Crippen LogP contribution in [-0.2, 0) is 13.0 Å². The van der Waals surface area contributed by atoms with E-state index < -0.39 is 0 Å². The minimum atomic E-state index is 0.379. The van der Waals surface area contributed by atoms with Gasteiger partial charge in [-0.15, -0.1) is 5.10 Å². The minimum absolute atomic E-state index is 0.379. The number of hydrogen-bond donors (Lipinski definition) is 0. The molecule has 0 amide bonds. The van der Waals surface area contributed by atoms with Gasteiger partial charge in [0.05, 0.1) is 5.69 Å². The van der Waals surface area contributed by atoms with Crippen LogP contribution < -0.4 is 0 Å². The Morgan fingerprint density at radius 3 is 1.90 bits per heavy atom. The molecule has 2 unspecified atom stereocenters. The number of aromatic nitrogens is 3. The molecule has 1 aromatic rings. The number of rotatable bonds is 20. The highest BCUT2D eigenvalue weighted by atomic mass is 15.4. The molecule has 0 bridgehead atoms. The molecule has 0 aliphatic rings. The lowest BCUT2D eigenvalue weighted by atomic mass is 9.76. The molecule has 1 aromatic heterocycles. The molecule has 1 heterocycles. The summed E-state index contributed by atoms with van der Waals surface area (Å²) in [6.45, 7) is 15.3. The average molecular weight is 434 g/mol. The second-order valence-electron chi connectivity index (χ2n) is 11.0. The lowest BCUT2D eigenvalue weighted by Crippen LogP contribution is -2.20. The van der Waals surface area contributed by atoms with E-state index in [0.29, 0.717) is 10.8 Å². The topological polar surface area (TPSA) is 30.7 Å². The van der Waals surface area contributed by atoms with E-state index in [-0.39, 0.29) is 0 Å². The Morgan fingerprint density at radius 1 is 0.645 bits per heavy atom. The van der Waals surface area contributed by atoms with Crippen LogP contribution in [0.2, 0.25) is 0 Å². The van der Waals surface area contributed by atoms with Crippen molar-refractivity contribution in [3.63, 3.8) is 0 Å². The van der Waals surface area contributed by atoms with Gasteiger partial charge >= 0.3 is 0 Å². The molecule has 0 N–H and O–H groups in total. The van der Waals surface area contributed by atoms with E-state index in [0.717, 1.165) is 13.0 Å². The summed E-state index contributed by atoms with van der Waals surface area (Å²) >= 11 is 0. The average Bonchev–Trinajstić information content (AvgIpc) is 3.17. The number of unbranched alkanes of at least 4 members (excludes halogenated alkanes) is 6. The molecule has 182 valence electrons. The maximum absolute atomic E-state index is 4.58. The lowest BCUT2D eigenvalue weighted by Gasteiger charge is -2.29. The molecule has 1 rings (SSSR count). The van der Waals surface area contributed by atoms with Gasteiger partial charge in [0.15, 0.2) is 0 Å². The van der Waals surface area contributed by atoms with Gasteiger partial charge in [0.1, 0.15) is 0 Å². The number of hydrogen-bond acceptors (Lipinski definition) is 2. The van der Waals surface area contributed by atoms with Crippen LogP contribution >= 0.6 is 0 Å². The van der Waals surface area contributed by atoms with Crippen molar-refractivity contribution in [3.8, 4) is 0 Å². The Morgan fingerprint density at radius 2 is 1.23 bits per heavy atom. The Bertz CT molecular complexity index is 552. The zero-order valence-electron chi connectivity index (χ0n) is 22.1. The molecule has 0 aliphatic carbocycles. The van der Waals surface area contributed by atoms with Gasteiger partial charge in [-0.05, 0) is 55.8 Å². The van der Waals surface area contributed by atoms with Crippen molar-refractivity contribution in [3.05, 3.63) is 11.9 Å². The number of aryl methyl sites for hydroxylation is 1. The molecule has 31 heavy (non-hydrogen) atoms. The van der Waals surface area contributed by atoms with Gasteiger partial charge in [0.2, 0.25) is 0 Å². The standard InChI is InChI=1S/C28H55N3/c1-7-11-14-16-21-28(6,19-13-9-3)24-26-25-31(30-29-26)23-17-22-27(5,18-10-4)20-15-12-8-2/h25H,7-24H2,1-6H3. The maximum atomic E-state index is 4.58. The maximum Gasteiger partial charge on any atom is 0.0832 e. The van der Waals surface area contributed by atoms with Crippen molar-refractivity contribution in [1.29, 1.82) is 0 Å². The van der Waals surface area contributed by atoms with E-state index in [1.165, 1.54) is 108 Å². The van der Waals surface area contributed by atoms with Gasteiger partial charge in [-0.2, -0.15) is 0 Å². The van der Waals surface area contributed by atoms with Gasteiger partial charge in [-0.1, -0.05) is 111 Å². The highest BCUT2D eigenvalue weighted by molar-refractivity contribution is 4.98. The van der Waals surface area contributed by atoms with Crippen molar-refractivity contribution < 1.29 is 0 Å². The summed E-state index contributed by atoms with van der Waals surface area (Å²) in [5.41, 5.74) is 2.09. The van der Waals surface area contributed by atoms with Crippen LogP contribution in [0.1, 0.15) is 150 Å². The number of nitrogens with zero attached hydrogens (tertiary/aromatic N) is 3. The van der Waals surface area contributed by atoms with Gasteiger partial charge < -0.3 is 0 Å². The van der Waals surface area contributed by atoms with Crippen molar-refractivity contribution >= 4 is 0 Å². The second-order valence-corrected chi connectivity index (χ2v) is 11.0. The van der Waals surface area contributed by atoms with E-state index in [4.69, 9.17) is 0 Å². The third-order valence-corrected chi connectivity index (χ3v) is 7.37. The molecule has 0 fully saturated rings. The predicted octanol–water partition coefficient (Wildman–Crippen LogP) is 9.15. The van der Waals surface area contributed by atoms with E-state index in [1.54, 1.807) is 0 Å². The van der Waals surface area contributed by atoms with Crippen LogP contribution in [0.3, 0.4) is 0 Å². The largest absolute Gasteiger partial charge is 0.252 e. The fourth-order valence-corrected chi connectivity index (χ4v) is 5.30. The molecule has 0 aromatic carbocycles. The van der Waals surface area contributed by atoms with Crippen molar-refractivity contribution in [2.45, 2.75) is 157 Å². The SMILES string of the molecule is CCCCCCC(C)(CCCC)Cc1cn(CCCC(C)(CCC)CCCCC)nn1. The quantitative estimate of drug-likeness (QED) is 0.192. The van der Waals surface area contributed by atoms with Gasteiger partial charge in [-0.25, -0.2) is 0 Å². The van der Waals surface area contributed by atoms with Crippen LogP contribution in [0, 0.1) is 10.8 Å². The first-order chi connectivity index (χ1) is 14.9. The fourth-order valence-electron chi connectivity index (χ4n) is 5.30. The zero-order valence-corrected chi connectivity index (χ0v) is 22.1. The monoisotopic (exact) mass is 433 g/mol. The summed E-state index contributed by atoms with van der Waals surface area (Å²) in [4.78, 5) is 0. The first-order valence-corrected chi connectivity index (χ1v) is 13.8. The summed E-state index contributed by atoms with van der Waals surface area (Å²) in [5, 5.41) is 9.08. The highest BCUT2D eigenvalue weighted by Crippen LogP contribution is 2.36. The molecule has 0 aliphatic heterocycles. The van der Waals surface area contributed by atoms with Crippen molar-refractivity contribution in [1.82, 2.24) is 15.0 Å². The molecule has 0 saturated heterocycles. The summed E-state index contributed by atoms with van der Waals surface area (Å²) in [5.74, 6) is 0. The molecule has 3 heteroatoms. The predicted molar refractivity (Wildman–Crippen MR) is 137 cm³/mol. The summed E-state index contributed by atoms with van der Waals surface area (Å²) in [7, 11) is 0. The fraction of sp³-hybridized carbons (Fsp3) is 0.929. The van der Waals surface area contributed by atoms with E-state index in [2.05, 4.69) is 62.7 Å². The van der Waals surface area contributed by atoms with E-state index in [1.807, 2.05) is 0 Å². The third kappa shape index (κ3) is 12.1. The Kier molecular flexibility index (Phi) is 14.4. The minimum Gasteiger partial charge on any atom is -0.252 e. The van der Waals surface area contributed by atoms with Gasteiger partial charge in [0.25, 0.3) is 0 Å². The molecule has 0 radical (unpaired) electrons. The van der Waals surface area contributed by atoms with E-state index in [9.17, 15) is 0 Å². The van der Waals surface area contributed by atoms with Crippen molar-refractivity contribution in [2.75, 3.05) is 0 Å². The molecule has 0 spiro atoms. The molecule has 3 nitrogen and oxygen atoms in total. The first-order valence-electron chi connectivity index (χ1n) is 13.8. The van der Waals surface area contributed by atoms with Crippen LogP contribution in [0.25, 0.3) is 0 Å². The van der Waals surface area contributed by atoms with Crippen LogP contribution in [0.15, 0.2) is 6.20 Å². The molecular weight excluding hydrogens is 378 g/mol. The normalized spacial score (nSPS) is 15.7. The Labute approximate surface area is 195 Å². The van der Waals surface area contributed by atoms with E-state index >= 15 is 0 Å². The molecular formula is C28H55N3. The van der Waals surface area contributed by atoms with Crippen LogP contribution in [-0.4, -0.2) is 15.0 Å². The van der Waals surface area contributed by atoms with Crippen molar-refractivity contribution in [2.24, 2.45) is 10.8 Å². The summed E-state index contributed by atoms with van der Waals surface area (Å²) in [6.07, 6.45) is 24.6. The zero-order chi connectivity index (χ0) is 23.0. The molecule has 0 saturated carbocycles. The highest BCUT2D eigenvalue weighted by Gasteiger charge is 2.25. The van der Waals surface area contributed by atoms with Gasteiger partial charge in [0, 0.05) is 12.7 Å². The summed E-state index contributed by atoms with van der Waals surface area (Å²) in [6, 6.07) is 0. The third-order valence-electron chi connectivity index (χ3n) is 7.37. The Balaban J connectivity index is 2.57. The van der Waals surface area contributed by atoms with Gasteiger partial charge in [-0.3, -0.25) is 4.68 Å². The second kappa shape index (κ2) is 15.9.